The van der Waals surface area contributed by atoms with Crippen molar-refractivity contribution in [1.29, 1.82) is 0 Å². The van der Waals surface area contributed by atoms with Crippen LogP contribution in [0.25, 0.3) is 0 Å². The van der Waals surface area contributed by atoms with Gasteiger partial charge in [-0.2, -0.15) is 0 Å². The zero-order chi connectivity index (χ0) is 27.3. The topological polar surface area (TPSA) is 159 Å². The van der Waals surface area contributed by atoms with Gasteiger partial charge in [-0.25, -0.2) is 0 Å². The monoisotopic (exact) mass is 510 g/mol. The molecular formula is C28H46O8. The first-order valence-corrected chi connectivity index (χ1v) is 13.5. The van der Waals surface area contributed by atoms with Crippen molar-refractivity contribution in [2.45, 2.75) is 127 Å². The maximum absolute atomic E-state index is 13.4. The summed E-state index contributed by atoms with van der Waals surface area (Å²) in [6.45, 7) is 10.5. The summed E-state index contributed by atoms with van der Waals surface area (Å²) in [5.41, 5.74) is -7.16. The van der Waals surface area contributed by atoms with Gasteiger partial charge in [0.25, 0.3) is 0 Å². The Kier molecular flexibility index (Phi) is 6.50. The van der Waals surface area contributed by atoms with Crippen LogP contribution in [0.2, 0.25) is 0 Å². The molecule has 0 amide bonds. The number of ketones is 1. The van der Waals surface area contributed by atoms with Crippen LogP contribution in [0.5, 0.6) is 0 Å². The zero-order valence-electron chi connectivity index (χ0n) is 22.5. The molecule has 0 saturated heterocycles. The molecular weight excluding hydrogens is 464 g/mol. The SMILES string of the molecule is CC(CC(O)C(C)(O)C1CCC2(O)C3=CC(=O)C4(O)CC(O)C(O)CC4(C)C3CCC12C)C(C)(C)O. The molecule has 0 aromatic carbocycles. The molecule has 8 nitrogen and oxygen atoms in total. The highest BCUT2D eigenvalue weighted by molar-refractivity contribution is 6.00. The molecule has 206 valence electrons. The predicted molar refractivity (Wildman–Crippen MR) is 133 cm³/mol. The number of carbonyl (C=O) groups excluding carboxylic acids is 1. The number of hydrogen-bond donors (Lipinski definition) is 7. The minimum atomic E-state index is -1.82. The highest BCUT2D eigenvalue weighted by atomic mass is 16.3. The second-order valence-electron chi connectivity index (χ2n) is 13.8. The molecule has 0 bridgehead atoms. The molecule has 0 aromatic heterocycles. The van der Waals surface area contributed by atoms with E-state index >= 15 is 0 Å². The van der Waals surface area contributed by atoms with E-state index in [0.29, 0.717) is 31.3 Å². The first-order chi connectivity index (χ1) is 16.3. The Morgan fingerprint density at radius 2 is 1.56 bits per heavy atom. The van der Waals surface area contributed by atoms with E-state index in [-0.39, 0.29) is 31.1 Å². The second kappa shape index (κ2) is 8.31. The van der Waals surface area contributed by atoms with Gasteiger partial charge in [-0.1, -0.05) is 20.8 Å². The number of hydrogen-bond acceptors (Lipinski definition) is 8. The quantitative estimate of drug-likeness (QED) is 0.291. The lowest BCUT2D eigenvalue weighted by Gasteiger charge is -2.62. The molecule has 3 saturated carbocycles. The molecule has 4 aliphatic carbocycles. The second-order valence-corrected chi connectivity index (χ2v) is 13.8. The molecule has 11 atom stereocenters. The fraction of sp³-hybridized carbons (Fsp3) is 0.893. The van der Waals surface area contributed by atoms with Gasteiger partial charge in [0, 0.05) is 17.3 Å². The van der Waals surface area contributed by atoms with Gasteiger partial charge in [-0.3, -0.25) is 4.79 Å². The third-order valence-electron chi connectivity index (χ3n) is 11.5. The van der Waals surface area contributed by atoms with E-state index in [0.717, 1.165) is 0 Å². The maximum atomic E-state index is 13.4. The van der Waals surface area contributed by atoms with Gasteiger partial charge in [-0.05, 0) is 88.7 Å². The number of fused-ring (bicyclic) bond motifs is 5. The molecule has 4 rings (SSSR count). The Morgan fingerprint density at radius 3 is 2.14 bits per heavy atom. The van der Waals surface area contributed by atoms with Crippen molar-refractivity contribution in [3.8, 4) is 0 Å². The lowest BCUT2D eigenvalue weighted by atomic mass is 9.44. The lowest BCUT2D eigenvalue weighted by Crippen LogP contribution is -2.69. The van der Waals surface area contributed by atoms with Crippen molar-refractivity contribution in [3.05, 3.63) is 11.6 Å². The van der Waals surface area contributed by atoms with Crippen LogP contribution >= 0.6 is 0 Å². The van der Waals surface area contributed by atoms with Crippen LogP contribution in [0.15, 0.2) is 11.6 Å². The molecule has 0 spiro atoms. The van der Waals surface area contributed by atoms with Crippen LogP contribution in [0.1, 0.15) is 86.5 Å². The fourth-order valence-electron chi connectivity index (χ4n) is 8.39. The molecule has 0 aliphatic heterocycles. The molecule has 4 aliphatic rings. The van der Waals surface area contributed by atoms with Crippen molar-refractivity contribution >= 4 is 5.78 Å². The van der Waals surface area contributed by atoms with Crippen molar-refractivity contribution in [2.75, 3.05) is 0 Å². The Bertz CT molecular complexity index is 938. The minimum Gasteiger partial charge on any atom is -0.390 e. The van der Waals surface area contributed by atoms with Crippen molar-refractivity contribution in [1.82, 2.24) is 0 Å². The minimum absolute atomic E-state index is 0.0416. The third kappa shape index (κ3) is 3.63. The summed E-state index contributed by atoms with van der Waals surface area (Å²) in [5, 5.41) is 77.6. The molecule has 36 heavy (non-hydrogen) atoms. The first-order valence-electron chi connectivity index (χ1n) is 13.5. The van der Waals surface area contributed by atoms with E-state index in [1.807, 2.05) is 13.8 Å². The molecule has 0 aromatic rings. The highest BCUT2D eigenvalue weighted by Gasteiger charge is 2.71. The van der Waals surface area contributed by atoms with E-state index in [9.17, 15) is 40.5 Å². The smallest absolute Gasteiger partial charge is 0.187 e. The van der Waals surface area contributed by atoms with Gasteiger partial charge in [0.05, 0.1) is 35.1 Å². The Labute approximate surface area is 214 Å². The maximum Gasteiger partial charge on any atom is 0.187 e. The fourth-order valence-corrected chi connectivity index (χ4v) is 8.39. The third-order valence-corrected chi connectivity index (χ3v) is 11.5. The van der Waals surface area contributed by atoms with Gasteiger partial charge < -0.3 is 35.7 Å². The number of aliphatic hydroxyl groups is 7. The Morgan fingerprint density at radius 1 is 0.972 bits per heavy atom. The summed E-state index contributed by atoms with van der Waals surface area (Å²) in [4.78, 5) is 13.4. The molecule has 0 heterocycles. The van der Waals surface area contributed by atoms with Gasteiger partial charge in [0.2, 0.25) is 0 Å². The van der Waals surface area contributed by atoms with E-state index in [1.165, 1.54) is 6.08 Å². The van der Waals surface area contributed by atoms with Gasteiger partial charge in [0.15, 0.2) is 5.78 Å². The summed E-state index contributed by atoms with van der Waals surface area (Å²) < 4.78 is 0. The normalized spacial score (nSPS) is 48.2. The largest absolute Gasteiger partial charge is 0.390 e. The standard InChI is InChI=1S/C28H46O8/c1-15(23(2,3)33)11-21(31)26(6,34)20-8-10-27(35)17-12-22(32)28(36)14-19(30)18(29)13-25(28,5)16(17)7-9-24(20,27)4/h12,15-16,18-21,29-31,33-36H,7-11,13-14H2,1-6H3. The average molecular weight is 511 g/mol. The van der Waals surface area contributed by atoms with E-state index in [2.05, 4.69) is 0 Å². The average Bonchev–Trinajstić information content (AvgIpc) is 3.03. The number of aliphatic hydroxyl groups excluding tert-OH is 3. The van der Waals surface area contributed by atoms with Crippen LogP contribution in [-0.2, 0) is 4.79 Å². The molecule has 0 radical (unpaired) electrons. The summed E-state index contributed by atoms with van der Waals surface area (Å²) in [6.07, 6.45) is -0.284. The molecule has 11 unspecified atom stereocenters. The van der Waals surface area contributed by atoms with Crippen LogP contribution in [0, 0.1) is 28.6 Å². The van der Waals surface area contributed by atoms with E-state index in [4.69, 9.17) is 0 Å². The predicted octanol–water partition coefficient (Wildman–Crippen LogP) is 1.21. The van der Waals surface area contributed by atoms with Crippen molar-refractivity contribution < 1.29 is 40.5 Å². The molecule has 7 N–H and O–H groups in total. The van der Waals surface area contributed by atoms with Crippen LogP contribution in [-0.4, -0.2) is 82.2 Å². The van der Waals surface area contributed by atoms with Crippen molar-refractivity contribution in [3.63, 3.8) is 0 Å². The van der Waals surface area contributed by atoms with Crippen molar-refractivity contribution in [2.24, 2.45) is 28.6 Å². The highest BCUT2D eigenvalue weighted by Crippen LogP contribution is 2.69. The van der Waals surface area contributed by atoms with Crippen LogP contribution in [0.3, 0.4) is 0 Å². The number of rotatable bonds is 5. The van der Waals surface area contributed by atoms with Gasteiger partial charge in [0.1, 0.15) is 5.60 Å². The van der Waals surface area contributed by atoms with Crippen LogP contribution < -0.4 is 0 Å². The summed E-state index contributed by atoms with van der Waals surface area (Å²) in [6, 6.07) is 0. The van der Waals surface area contributed by atoms with E-state index < -0.39 is 63.2 Å². The Balaban J connectivity index is 1.70. The first kappa shape index (κ1) is 28.1. The molecule has 3 fully saturated rings. The lowest BCUT2D eigenvalue weighted by molar-refractivity contribution is -0.212. The number of carbonyl (C=O) groups is 1. The summed E-state index contributed by atoms with van der Waals surface area (Å²) in [5.74, 6) is -1.67. The van der Waals surface area contributed by atoms with Gasteiger partial charge in [-0.15, -0.1) is 0 Å². The zero-order valence-corrected chi connectivity index (χ0v) is 22.5. The van der Waals surface area contributed by atoms with E-state index in [1.54, 1.807) is 27.7 Å². The summed E-state index contributed by atoms with van der Waals surface area (Å²) in [7, 11) is 0. The van der Waals surface area contributed by atoms with Gasteiger partial charge >= 0.3 is 0 Å². The molecule has 8 heteroatoms. The Hall–Kier alpha value is -0.870. The van der Waals surface area contributed by atoms with Crippen LogP contribution in [0.4, 0.5) is 0 Å². The summed E-state index contributed by atoms with van der Waals surface area (Å²) >= 11 is 0.